The van der Waals surface area contributed by atoms with Gasteiger partial charge in [0.15, 0.2) is 0 Å². The average Bonchev–Trinajstić information content (AvgIpc) is 2.11. The van der Waals surface area contributed by atoms with E-state index in [2.05, 4.69) is 0 Å². The van der Waals surface area contributed by atoms with Gasteiger partial charge in [0.05, 0.1) is 11.6 Å². The van der Waals surface area contributed by atoms with Crippen molar-refractivity contribution in [3.05, 3.63) is 28.2 Å². The van der Waals surface area contributed by atoms with Crippen LogP contribution in [0.1, 0.15) is 6.42 Å². The summed E-state index contributed by atoms with van der Waals surface area (Å²) in [6.07, 6.45) is 1.14. The van der Waals surface area contributed by atoms with Crippen LogP contribution in [0.4, 0.5) is 0 Å². The van der Waals surface area contributed by atoms with Gasteiger partial charge in [-0.1, -0.05) is 23.2 Å². The van der Waals surface area contributed by atoms with Crippen molar-refractivity contribution in [2.45, 2.75) is 6.42 Å². The van der Waals surface area contributed by atoms with Crippen molar-refractivity contribution < 1.29 is 9.53 Å². The first-order valence-electron chi connectivity index (χ1n) is 3.75. The van der Waals surface area contributed by atoms with E-state index in [1.165, 1.54) is 0 Å². The Morgan fingerprint density at radius 1 is 1.38 bits per heavy atom. The topological polar surface area (TPSA) is 26.3 Å². The minimum Gasteiger partial charge on any atom is -0.492 e. The van der Waals surface area contributed by atoms with Gasteiger partial charge in [-0.05, 0) is 12.1 Å². The van der Waals surface area contributed by atoms with E-state index in [9.17, 15) is 4.79 Å². The molecule has 1 aromatic rings. The van der Waals surface area contributed by atoms with Gasteiger partial charge < -0.3 is 9.53 Å². The Kier molecular flexibility index (Phi) is 4.06. The molecule has 0 amide bonds. The summed E-state index contributed by atoms with van der Waals surface area (Å²) in [5.74, 6) is 0.510. The first kappa shape index (κ1) is 10.4. The number of hydrogen-bond acceptors (Lipinski definition) is 2. The average molecular weight is 219 g/mol. The van der Waals surface area contributed by atoms with Crippen LogP contribution < -0.4 is 4.74 Å². The van der Waals surface area contributed by atoms with E-state index < -0.39 is 0 Å². The Labute approximate surface area is 86.4 Å². The molecule has 0 unspecified atom stereocenters. The molecule has 0 radical (unpaired) electrons. The van der Waals surface area contributed by atoms with Gasteiger partial charge in [0.25, 0.3) is 0 Å². The van der Waals surface area contributed by atoms with E-state index in [-0.39, 0.29) is 0 Å². The number of ether oxygens (including phenoxy) is 1. The number of aldehydes is 1. The Morgan fingerprint density at radius 3 is 2.85 bits per heavy atom. The van der Waals surface area contributed by atoms with Gasteiger partial charge in [0.1, 0.15) is 12.0 Å². The smallest absolute Gasteiger partial charge is 0.139 e. The second-order valence-electron chi connectivity index (χ2n) is 2.38. The summed E-state index contributed by atoms with van der Waals surface area (Å²) in [6.45, 7) is 0.323. The van der Waals surface area contributed by atoms with E-state index in [0.717, 1.165) is 6.29 Å². The molecular formula is C9H8Cl2O2. The zero-order valence-electron chi connectivity index (χ0n) is 6.80. The van der Waals surface area contributed by atoms with Gasteiger partial charge in [0.2, 0.25) is 0 Å². The second kappa shape index (κ2) is 5.10. The number of halogens is 2. The maximum atomic E-state index is 10.0. The van der Waals surface area contributed by atoms with E-state index in [0.29, 0.717) is 28.8 Å². The van der Waals surface area contributed by atoms with Crippen molar-refractivity contribution in [1.29, 1.82) is 0 Å². The van der Waals surface area contributed by atoms with Crippen molar-refractivity contribution in [1.82, 2.24) is 0 Å². The third kappa shape index (κ3) is 3.25. The molecule has 0 bridgehead atoms. The molecular weight excluding hydrogens is 211 g/mol. The number of carbonyl (C=O) groups excluding carboxylic acids is 1. The number of benzene rings is 1. The normalized spacial score (nSPS) is 9.69. The molecule has 0 atom stereocenters. The molecule has 1 rings (SSSR count). The Morgan fingerprint density at radius 2 is 2.15 bits per heavy atom. The Bertz CT molecular complexity index is 300. The molecule has 0 aliphatic rings. The summed E-state index contributed by atoms with van der Waals surface area (Å²) >= 11 is 11.5. The van der Waals surface area contributed by atoms with Crippen LogP contribution in [0.5, 0.6) is 5.75 Å². The van der Waals surface area contributed by atoms with E-state index in [1.54, 1.807) is 18.2 Å². The SMILES string of the molecule is O=CCCOc1cc(Cl)ccc1Cl. The van der Waals surface area contributed by atoms with Crippen molar-refractivity contribution in [3.8, 4) is 5.75 Å². The summed E-state index contributed by atoms with van der Waals surface area (Å²) in [6, 6.07) is 4.95. The molecule has 0 aromatic heterocycles. The van der Waals surface area contributed by atoms with Crippen LogP contribution in [-0.2, 0) is 4.79 Å². The van der Waals surface area contributed by atoms with Crippen LogP contribution >= 0.6 is 23.2 Å². The van der Waals surface area contributed by atoms with Crippen molar-refractivity contribution in [2.75, 3.05) is 6.61 Å². The Balaban J connectivity index is 2.64. The van der Waals surface area contributed by atoms with Crippen LogP contribution in [-0.4, -0.2) is 12.9 Å². The minimum atomic E-state index is 0.323. The highest BCUT2D eigenvalue weighted by Gasteiger charge is 2.01. The fourth-order valence-corrected chi connectivity index (χ4v) is 1.14. The van der Waals surface area contributed by atoms with Crippen LogP contribution in [0.3, 0.4) is 0 Å². The number of rotatable bonds is 4. The lowest BCUT2D eigenvalue weighted by molar-refractivity contribution is -0.108. The highest BCUT2D eigenvalue weighted by molar-refractivity contribution is 6.34. The van der Waals surface area contributed by atoms with E-state index in [1.807, 2.05) is 0 Å². The molecule has 0 N–H and O–H groups in total. The third-order valence-corrected chi connectivity index (χ3v) is 1.93. The number of carbonyl (C=O) groups is 1. The van der Waals surface area contributed by atoms with Gasteiger partial charge >= 0.3 is 0 Å². The van der Waals surface area contributed by atoms with E-state index >= 15 is 0 Å². The largest absolute Gasteiger partial charge is 0.492 e. The maximum absolute atomic E-state index is 10.0. The van der Waals surface area contributed by atoms with Gasteiger partial charge in [-0.3, -0.25) is 0 Å². The molecule has 13 heavy (non-hydrogen) atoms. The lowest BCUT2D eigenvalue weighted by atomic mass is 10.3. The van der Waals surface area contributed by atoms with Crippen LogP contribution in [0.2, 0.25) is 10.0 Å². The van der Waals surface area contributed by atoms with Crippen molar-refractivity contribution in [2.24, 2.45) is 0 Å². The first-order chi connectivity index (χ1) is 6.24. The predicted octanol–water partition coefficient (Wildman–Crippen LogP) is 2.96. The lowest BCUT2D eigenvalue weighted by Crippen LogP contribution is -1.97. The van der Waals surface area contributed by atoms with Crippen molar-refractivity contribution in [3.63, 3.8) is 0 Å². The summed E-state index contributed by atoms with van der Waals surface area (Å²) in [5.41, 5.74) is 0. The molecule has 0 saturated carbocycles. The van der Waals surface area contributed by atoms with Gasteiger partial charge in [-0.2, -0.15) is 0 Å². The molecule has 2 nitrogen and oxygen atoms in total. The molecule has 4 heteroatoms. The van der Waals surface area contributed by atoms with Gasteiger partial charge in [-0.15, -0.1) is 0 Å². The molecule has 70 valence electrons. The quantitative estimate of drug-likeness (QED) is 0.574. The zero-order chi connectivity index (χ0) is 9.68. The number of hydrogen-bond donors (Lipinski definition) is 0. The van der Waals surface area contributed by atoms with Gasteiger partial charge in [0, 0.05) is 17.5 Å². The molecule has 0 aliphatic carbocycles. The molecule has 0 fully saturated rings. The minimum absolute atomic E-state index is 0.323. The fourth-order valence-electron chi connectivity index (χ4n) is 0.805. The van der Waals surface area contributed by atoms with Crippen LogP contribution in [0.15, 0.2) is 18.2 Å². The molecule has 0 heterocycles. The summed E-state index contributed by atoms with van der Waals surface area (Å²) in [7, 11) is 0. The molecule has 0 saturated heterocycles. The highest BCUT2D eigenvalue weighted by atomic mass is 35.5. The van der Waals surface area contributed by atoms with Gasteiger partial charge in [-0.25, -0.2) is 0 Å². The standard InChI is InChI=1S/C9H8Cl2O2/c10-7-2-3-8(11)9(6-7)13-5-1-4-12/h2-4,6H,1,5H2. The van der Waals surface area contributed by atoms with Crippen LogP contribution in [0.25, 0.3) is 0 Å². The van der Waals surface area contributed by atoms with E-state index in [4.69, 9.17) is 27.9 Å². The summed E-state index contributed by atoms with van der Waals surface area (Å²) in [5, 5.41) is 1.06. The lowest BCUT2D eigenvalue weighted by Gasteiger charge is -2.05. The fraction of sp³-hybridized carbons (Fsp3) is 0.222. The van der Waals surface area contributed by atoms with Crippen LogP contribution in [0, 0.1) is 0 Å². The highest BCUT2D eigenvalue weighted by Crippen LogP contribution is 2.27. The van der Waals surface area contributed by atoms with Crippen molar-refractivity contribution >= 4 is 29.5 Å². The molecule has 1 aromatic carbocycles. The Hall–Kier alpha value is -0.730. The monoisotopic (exact) mass is 218 g/mol. The predicted molar refractivity (Wildman–Crippen MR) is 52.6 cm³/mol. The zero-order valence-corrected chi connectivity index (χ0v) is 8.31. The molecule has 0 spiro atoms. The molecule has 0 aliphatic heterocycles. The first-order valence-corrected chi connectivity index (χ1v) is 4.51. The maximum Gasteiger partial charge on any atom is 0.139 e. The second-order valence-corrected chi connectivity index (χ2v) is 3.22. The summed E-state index contributed by atoms with van der Waals surface area (Å²) < 4.78 is 5.21. The third-order valence-electron chi connectivity index (χ3n) is 1.39. The summed E-state index contributed by atoms with van der Waals surface area (Å²) in [4.78, 5) is 10.0.